The number of rotatable bonds is 4. The summed E-state index contributed by atoms with van der Waals surface area (Å²) in [5.41, 5.74) is 3.01. The number of amides is 3. The number of nitrogens with zero attached hydrogens (tertiary/aromatic N) is 2. The van der Waals surface area contributed by atoms with Gasteiger partial charge < -0.3 is 15.5 Å². The molecule has 1 saturated heterocycles. The summed E-state index contributed by atoms with van der Waals surface area (Å²) in [5, 5.41) is 9.21. The Balaban J connectivity index is 1.34. The van der Waals surface area contributed by atoms with Gasteiger partial charge in [0.25, 0.3) is 5.91 Å². The molecule has 2 aromatic rings. The van der Waals surface area contributed by atoms with Crippen LogP contribution in [0.1, 0.15) is 49.7 Å². The zero-order valence-electron chi connectivity index (χ0n) is 16.0. The standard InChI is InChI=1S/C20H19N5O4S/c26-14-8-21-7-12-17(14)30-20(23-12)22-6-10-2-1-3-11-9-25(19(29)16(10)11)13-4-5-15(27)24-18(13)28/h1-3,13,21H,4-9H2,(H,22,23)(H,24,27,28). The van der Waals surface area contributed by atoms with Crippen LogP contribution in [0.4, 0.5) is 5.13 Å². The van der Waals surface area contributed by atoms with Crippen molar-refractivity contribution in [1.29, 1.82) is 0 Å². The number of hydrogen-bond acceptors (Lipinski definition) is 8. The normalized spacial score (nSPS) is 20.8. The highest BCUT2D eigenvalue weighted by Gasteiger charge is 2.39. The molecule has 4 heterocycles. The van der Waals surface area contributed by atoms with Crippen molar-refractivity contribution < 1.29 is 19.2 Å². The van der Waals surface area contributed by atoms with Crippen LogP contribution in [0.5, 0.6) is 0 Å². The van der Waals surface area contributed by atoms with Crippen LogP contribution in [0.25, 0.3) is 0 Å². The number of ketones is 1. The number of anilines is 1. The summed E-state index contributed by atoms with van der Waals surface area (Å²) < 4.78 is 0. The summed E-state index contributed by atoms with van der Waals surface area (Å²) in [4.78, 5) is 55.5. The Morgan fingerprint density at radius 3 is 2.87 bits per heavy atom. The van der Waals surface area contributed by atoms with E-state index < -0.39 is 11.9 Å². The fourth-order valence-corrected chi connectivity index (χ4v) is 5.06. The molecule has 1 aromatic heterocycles. The third kappa shape index (κ3) is 3.17. The first-order chi connectivity index (χ1) is 14.5. The van der Waals surface area contributed by atoms with E-state index in [0.717, 1.165) is 16.8 Å². The molecule has 1 aromatic carbocycles. The van der Waals surface area contributed by atoms with Crippen LogP contribution in [-0.2, 0) is 29.2 Å². The molecule has 30 heavy (non-hydrogen) atoms. The summed E-state index contributed by atoms with van der Waals surface area (Å²) in [6.07, 6.45) is 0.567. The maximum absolute atomic E-state index is 13.1. The van der Waals surface area contributed by atoms with Crippen molar-refractivity contribution in [2.45, 2.75) is 38.5 Å². The van der Waals surface area contributed by atoms with Gasteiger partial charge in [-0.1, -0.05) is 29.5 Å². The lowest BCUT2D eigenvalue weighted by molar-refractivity contribution is -0.136. The molecule has 9 nitrogen and oxygen atoms in total. The van der Waals surface area contributed by atoms with E-state index >= 15 is 0 Å². The average Bonchev–Trinajstić information content (AvgIpc) is 3.29. The van der Waals surface area contributed by atoms with E-state index in [1.165, 1.54) is 11.3 Å². The Hall–Kier alpha value is -3.11. The average molecular weight is 425 g/mol. The van der Waals surface area contributed by atoms with E-state index in [1.807, 2.05) is 18.2 Å². The number of carbonyl (C=O) groups is 4. The van der Waals surface area contributed by atoms with Gasteiger partial charge in [-0.15, -0.1) is 0 Å². The number of piperidine rings is 1. The first kappa shape index (κ1) is 18.9. The molecule has 5 rings (SSSR count). The Bertz CT molecular complexity index is 1090. The first-order valence-corrected chi connectivity index (χ1v) is 10.6. The predicted molar refractivity (Wildman–Crippen MR) is 108 cm³/mol. The van der Waals surface area contributed by atoms with Crippen LogP contribution in [0.2, 0.25) is 0 Å². The Kier molecular flexibility index (Phi) is 4.59. The highest BCUT2D eigenvalue weighted by molar-refractivity contribution is 7.17. The number of carbonyl (C=O) groups excluding carboxylic acids is 4. The van der Waals surface area contributed by atoms with E-state index in [9.17, 15) is 19.2 Å². The zero-order chi connectivity index (χ0) is 20.8. The molecule has 0 aliphatic carbocycles. The predicted octanol–water partition coefficient (Wildman–Crippen LogP) is 0.802. The van der Waals surface area contributed by atoms with Crippen molar-refractivity contribution in [2.75, 3.05) is 11.9 Å². The van der Waals surface area contributed by atoms with Gasteiger partial charge in [0, 0.05) is 31.6 Å². The SMILES string of the molecule is O=C1CCC(N2Cc3cccc(CNc4nc5c(s4)C(=O)CNC5)c3C2=O)C(=O)N1. The highest BCUT2D eigenvalue weighted by atomic mass is 32.1. The van der Waals surface area contributed by atoms with Crippen LogP contribution < -0.4 is 16.0 Å². The molecule has 3 aliphatic rings. The van der Waals surface area contributed by atoms with Gasteiger partial charge in [-0.3, -0.25) is 24.5 Å². The molecule has 0 saturated carbocycles. The molecule has 3 amide bonds. The summed E-state index contributed by atoms with van der Waals surface area (Å²) in [6, 6.07) is 5.01. The second-order valence-corrected chi connectivity index (χ2v) is 8.53. The topological polar surface area (TPSA) is 120 Å². The van der Waals surface area contributed by atoms with Crippen LogP contribution in [0.15, 0.2) is 18.2 Å². The monoisotopic (exact) mass is 425 g/mol. The second-order valence-electron chi connectivity index (χ2n) is 7.53. The first-order valence-electron chi connectivity index (χ1n) is 9.74. The lowest BCUT2D eigenvalue weighted by atomic mass is 10.0. The molecular formula is C20H19N5O4S. The third-order valence-electron chi connectivity index (χ3n) is 5.60. The third-order valence-corrected chi connectivity index (χ3v) is 6.69. The van der Waals surface area contributed by atoms with Gasteiger partial charge in [0.2, 0.25) is 11.8 Å². The van der Waals surface area contributed by atoms with Gasteiger partial charge in [-0.2, -0.15) is 0 Å². The summed E-state index contributed by atoms with van der Waals surface area (Å²) in [6.45, 7) is 1.62. The lowest BCUT2D eigenvalue weighted by Crippen LogP contribution is -2.52. The summed E-state index contributed by atoms with van der Waals surface area (Å²) in [7, 11) is 0. The van der Waals surface area contributed by atoms with Crippen molar-refractivity contribution in [3.05, 3.63) is 45.5 Å². The van der Waals surface area contributed by atoms with E-state index in [2.05, 4.69) is 20.9 Å². The van der Waals surface area contributed by atoms with Crippen LogP contribution in [0, 0.1) is 0 Å². The molecule has 154 valence electrons. The minimum absolute atomic E-state index is 0.0393. The van der Waals surface area contributed by atoms with Crippen LogP contribution >= 0.6 is 11.3 Å². The molecule has 10 heteroatoms. The number of Topliss-reactive ketones (excluding diaryl/α,β-unsaturated/α-hetero) is 1. The number of imide groups is 1. The Morgan fingerprint density at radius 2 is 2.07 bits per heavy atom. The lowest BCUT2D eigenvalue weighted by Gasteiger charge is -2.29. The number of fused-ring (bicyclic) bond motifs is 2. The van der Waals surface area contributed by atoms with Gasteiger partial charge in [-0.05, 0) is 17.5 Å². The van der Waals surface area contributed by atoms with Crippen LogP contribution in [-0.4, -0.2) is 46.0 Å². The fourth-order valence-electron chi connectivity index (χ4n) is 4.15. The largest absolute Gasteiger partial charge is 0.357 e. The van der Waals surface area contributed by atoms with Gasteiger partial charge in [-0.25, -0.2) is 4.98 Å². The molecule has 3 N–H and O–H groups in total. The van der Waals surface area contributed by atoms with Crippen molar-refractivity contribution in [1.82, 2.24) is 20.5 Å². The summed E-state index contributed by atoms with van der Waals surface area (Å²) >= 11 is 1.33. The van der Waals surface area contributed by atoms with Crippen molar-refractivity contribution in [2.24, 2.45) is 0 Å². The fraction of sp³-hybridized carbons (Fsp3) is 0.350. The van der Waals surface area contributed by atoms with Gasteiger partial charge in [0.15, 0.2) is 10.9 Å². The number of aromatic nitrogens is 1. The molecule has 1 atom stereocenters. The van der Waals surface area contributed by atoms with E-state index in [0.29, 0.717) is 48.2 Å². The number of thiazole rings is 1. The van der Waals surface area contributed by atoms with Crippen LogP contribution in [0.3, 0.4) is 0 Å². The van der Waals surface area contributed by atoms with Crippen molar-refractivity contribution >= 4 is 40.0 Å². The Labute approximate surface area is 175 Å². The minimum Gasteiger partial charge on any atom is -0.357 e. The van der Waals surface area contributed by atoms with Gasteiger partial charge >= 0.3 is 0 Å². The quantitative estimate of drug-likeness (QED) is 0.620. The summed E-state index contributed by atoms with van der Waals surface area (Å²) in [5.74, 6) is -0.879. The molecule has 3 aliphatic heterocycles. The van der Waals surface area contributed by atoms with E-state index in [-0.39, 0.29) is 24.0 Å². The smallest absolute Gasteiger partial charge is 0.255 e. The van der Waals surface area contributed by atoms with Crippen molar-refractivity contribution in [3.8, 4) is 0 Å². The van der Waals surface area contributed by atoms with E-state index in [1.54, 1.807) is 4.90 Å². The molecule has 1 fully saturated rings. The zero-order valence-corrected chi connectivity index (χ0v) is 16.8. The van der Waals surface area contributed by atoms with Gasteiger partial charge in [0.1, 0.15) is 6.04 Å². The molecule has 1 unspecified atom stereocenters. The molecule has 0 bridgehead atoms. The second kappa shape index (κ2) is 7.29. The van der Waals surface area contributed by atoms with Crippen molar-refractivity contribution in [3.63, 3.8) is 0 Å². The highest BCUT2D eigenvalue weighted by Crippen LogP contribution is 2.31. The molecular weight excluding hydrogens is 406 g/mol. The maximum atomic E-state index is 13.1. The molecule has 0 radical (unpaired) electrons. The number of hydrogen-bond donors (Lipinski definition) is 3. The Morgan fingerprint density at radius 1 is 1.20 bits per heavy atom. The molecule has 0 spiro atoms. The number of benzene rings is 1. The maximum Gasteiger partial charge on any atom is 0.255 e. The number of nitrogens with one attached hydrogen (secondary N) is 3. The van der Waals surface area contributed by atoms with E-state index in [4.69, 9.17) is 0 Å². The van der Waals surface area contributed by atoms with Gasteiger partial charge in [0.05, 0.1) is 17.1 Å². The minimum atomic E-state index is -0.632.